The van der Waals surface area contributed by atoms with E-state index >= 15 is 0 Å². The van der Waals surface area contributed by atoms with Crippen molar-refractivity contribution in [3.05, 3.63) is 36.9 Å². The second-order valence-electron chi connectivity index (χ2n) is 5.02. The van der Waals surface area contributed by atoms with Crippen LogP contribution < -0.4 is 16.8 Å². The monoisotopic (exact) mass is 280 g/mol. The molecule has 108 valence electrons. The Hall–Kier alpha value is -2.22. The van der Waals surface area contributed by atoms with Gasteiger partial charge in [0.15, 0.2) is 11.2 Å². The number of fused-ring (bicyclic) bond motifs is 1. The minimum absolute atomic E-state index is 0.0325. The van der Waals surface area contributed by atoms with Gasteiger partial charge in [0, 0.05) is 13.6 Å². The molecule has 0 aliphatic carbocycles. The highest BCUT2D eigenvalue weighted by Crippen LogP contribution is 2.04. The van der Waals surface area contributed by atoms with E-state index in [4.69, 9.17) is 5.11 Å². The topological polar surface area (TPSA) is 110 Å². The normalized spacial score (nSPS) is 11.4. The summed E-state index contributed by atoms with van der Waals surface area (Å²) in [4.78, 5) is 42.2. The van der Waals surface area contributed by atoms with Gasteiger partial charge in [-0.15, -0.1) is 0 Å². The van der Waals surface area contributed by atoms with Crippen LogP contribution in [0.25, 0.3) is 11.2 Å². The summed E-state index contributed by atoms with van der Waals surface area (Å²) in [6.07, 6.45) is 0. The van der Waals surface area contributed by atoms with E-state index in [1.807, 2.05) is 13.8 Å². The fraction of sp³-hybridized carbons (Fsp3) is 0.500. The minimum atomic E-state index is -0.633. The smallest absolute Gasteiger partial charge is 0.332 e. The standard InChI is InChI=1S/C12H16N4O4/c1-6(2)4-16-9-8(11(19)15(3)12(16)20)14-10(18)7(5-17)13-9/h6,17H,4-5H2,1-3H3,(H,14,18). The molecule has 8 heteroatoms. The molecule has 0 spiro atoms. The summed E-state index contributed by atoms with van der Waals surface area (Å²) >= 11 is 0. The van der Waals surface area contributed by atoms with Crippen LogP contribution in [-0.2, 0) is 20.2 Å². The highest BCUT2D eigenvalue weighted by atomic mass is 16.3. The van der Waals surface area contributed by atoms with Gasteiger partial charge in [0.25, 0.3) is 11.1 Å². The van der Waals surface area contributed by atoms with Crippen LogP contribution in [0.3, 0.4) is 0 Å². The Bertz CT molecular complexity index is 828. The number of H-pyrrole nitrogens is 1. The van der Waals surface area contributed by atoms with Gasteiger partial charge in [0.1, 0.15) is 5.69 Å². The zero-order valence-corrected chi connectivity index (χ0v) is 11.5. The molecule has 2 N–H and O–H groups in total. The molecule has 0 bridgehead atoms. The van der Waals surface area contributed by atoms with Crippen molar-refractivity contribution in [2.75, 3.05) is 0 Å². The lowest BCUT2D eigenvalue weighted by atomic mass is 10.2. The number of aromatic nitrogens is 4. The van der Waals surface area contributed by atoms with Gasteiger partial charge in [-0.05, 0) is 5.92 Å². The van der Waals surface area contributed by atoms with Gasteiger partial charge in [-0.25, -0.2) is 9.78 Å². The Kier molecular flexibility index (Phi) is 3.58. The highest BCUT2D eigenvalue weighted by Gasteiger charge is 2.15. The number of nitrogens with zero attached hydrogens (tertiary/aromatic N) is 3. The number of aliphatic hydroxyl groups is 1. The highest BCUT2D eigenvalue weighted by molar-refractivity contribution is 5.68. The second kappa shape index (κ2) is 5.04. The third kappa shape index (κ3) is 2.18. The molecule has 8 nitrogen and oxygen atoms in total. The molecule has 2 aromatic rings. The molecule has 0 fully saturated rings. The Morgan fingerprint density at radius 3 is 2.50 bits per heavy atom. The number of rotatable bonds is 3. The third-order valence-corrected chi connectivity index (χ3v) is 2.95. The molecule has 0 amide bonds. The molecule has 0 unspecified atom stereocenters. The fourth-order valence-electron chi connectivity index (χ4n) is 1.98. The maximum Gasteiger partial charge on any atom is 0.332 e. The lowest BCUT2D eigenvalue weighted by Crippen LogP contribution is -2.40. The maximum absolute atomic E-state index is 12.2. The summed E-state index contributed by atoms with van der Waals surface area (Å²) in [6.45, 7) is 3.63. The average molecular weight is 280 g/mol. The Labute approximate surface area is 113 Å². The summed E-state index contributed by atoms with van der Waals surface area (Å²) in [6, 6.07) is 0. The van der Waals surface area contributed by atoms with Gasteiger partial charge in [-0.2, -0.15) is 0 Å². The molecule has 0 radical (unpaired) electrons. The Balaban J connectivity index is 2.99. The van der Waals surface area contributed by atoms with E-state index < -0.39 is 23.4 Å². The number of aliphatic hydroxyl groups excluding tert-OH is 1. The SMILES string of the molecule is CC(C)Cn1c(=O)n(C)c(=O)c2[nH]c(=O)c(CO)nc21. The summed E-state index contributed by atoms with van der Waals surface area (Å²) in [5, 5.41) is 9.09. The van der Waals surface area contributed by atoms with Gasteiger partial charge in [0.05, 0.1) is 6.61 Å². The molecule has 2 aromatic heterocycles. The molecular formula is C12H16N4O4. The molecule has 2 heterocycles. The molecule has 0 atom stereocenters. The first-order valence-electron chi connectivity index (χ1n) is 6.20. The van der Waals surface area contributed by atoms with Crippen LogP contribution in [0.1, 0.15) is 19.5 Å². The number of hydrogen-bond acceptors (Lipinski definition) is 5. The molecular weight excluding hydrogens is 264 g/mol. The summed E-state index contributed by atoms with van der Waals surface area (Å²) in [5.41, 5.74) is -1.81. The van der Waals surface area contributed by atoms with E-state index in [0.29, 0.717) is 6.54 Å². The maximum atomic E-state index is 12.2. The molecule has 0 saturated carbocycles. The van der Waals surface area contributed by atoms with Gasteiger partial charge < -0.3 is 10.1 Å². The van der Waals surface area contributed by atoms with Crippen molar-refractivity contribution >= 4 is 11.2 Å². The van der Waals surface area contributed by atoms with Crippen LogP contribution in [0, 0.1) is 5.92 Å². The fourth-order valence-corrected chi connectivity index (χ4v) is 1.98. The summed E-state index contributed by atoms with van der Waals surface area (Å²) < 4.78 is 2.26. The molecule has 0 saturated heterocycles. The zero-order valence-electron chi connectivity index (χ0n) is 11.5. The van der Waals surface area contributed by atoms with Crippen molar-refractivity contribution in [3.8, 4) is 0 Å². The first-order valence-corrected chi connectivity index (χ1v) is 6.20. The quantitative estimate of drug-likeness (QED) is 0.744. The van der Waals surface area contributed by atoms with Crippen molar-refractivity contribution in [3.63, 3.8) is 0 Å². The van der Waals surface area contributed by atoms with Gasteiger partial charge in [0.2, 0.25) is 0 Å². The first kappa shape index (κ1) is 14.2. The van der Waals surface area contributed by atoms with Crippen LogP contribution >= 0.6 is 0 Å². The van der Waals surface area contributed by atoms with E-state index in [-0.39, 0.29) is 22.8 Å². The van der Waals surface area contributed by atoms with Crippen molar-refractivity contribution in [2.45, 2.75) is 27.0 Å². The molecule has 0 aliphatic rings. The minimum Gasteiger partial charge on any atom is -0.390 e. The van der Waals surface area contributed by atoms with Gasteiger partial charge in [-0.1, -0.05) is 13.8 Å². The lowest BCUT2D eigenvalue weighted by Gasteiger charge is -2.13. The Morgan fingerprint density at radius 2 is 1.95 bits per heavy atom. The van der Waals surface area contributed by atoms with E-state index in [1.165, 1.54) is 11.6 Å². The van der Waals surface area contributed by atoms with E-state index in [9.17, 15) is 14.4 Å². The van der Waals surface area contributed by atoms with E-state index in [2.05, 4.69) is 9.97 Å². The predicted octanol–water partition coefficient (Wildman–Crippen LogP) is -1.07. The lowest BCUT2D eigenvalue weighted by molar-refractivity contribution is 0.275. The first-order chi connectivity index (χ1) is 9.36. The van der Waals surface area contributed by atoms with E-state index in [1.54, 1.807) is 0 Å². The molecule has 0 aromatic carbocycles. The summed E-state index contributed by atoms with van der Waals surface area (Å²) in [5.74, 6) is 0.153. The third-order valence-electron chi connectivity index (χ3n) is 2.95. The van der Waals surface area contributed by atoms with Gasteiger partial charge >= 0.3 is 5.69 Å². The van der Waals surface area contributed by atoms with Gasteiger partial charge in [-0.3, -0.25) is 18.7 Å². The van der Waals surface area contributed by atoms with Crippen molar-refractivity contribution < 1.29 is 5.11 Å². The predicted molar refractivity (Wildman–Crippen MR) is 72.6 cm³/mol. The van der Waals surface area contributed by atoms with Crippen molar-refractivity contribution in [1.82, 2.24) is 19.1 Å². The van der Waals surface area contributed by atoms with Crippen LogP contribution in [-0.4, -0.2) is 24.2 Å². The van der Waals surface area contributed by atoms with Crippen LogP contribution in [0.4, 0.5) is 0 Å². The number of hydrogen-bond donors (Lipinski definition) is 2. The van der Waals surface area contributed by atoms with E-state index in [0.717, 1.165) is 4.57 Å². The molecule has 2 rings (SSSR count). The van der Waals surface area contributed by atoms with Crippen LogP contribution in [0.5, 0.6) is 0 Å². The number of aromatic amines is 1. The van der Waals surface area contributed by atoms with Crippen LogP contribution in [0.2, 0.25) is 0 Å². The molecule has 20 heavy (non-hydrogen) atoms. The number of nitrogens with one attached hydrogen (secondary N) is 1. The van der Waals surface area contributed by atoms with Crippen LogP contribution in [0.15, 0.2) is 14.4 Å². The van der Waals surface area contributed by atoms with Crippen molar-refractivity contribution in [1.29, 1.82) is 0 Å². The molecule has 0 aliphatic heterocycles. The van der Waals surface area contributed by atoms with Crippen molar-refractivity contribution in [2.24, 2.45) is 13.0 Å². The summed E-state index contributed by atoms with van der Waals surface area (Å²) in [7, 11) is 1.35. The largest absolute Gasteiger partial charge is 0.390 e. The average Bonchev–Trinajstić information content (AvgIpc) is 2.40. The Morgan fingerprint density at radius 1 is 1.30 bits per heavy atom. The second-order valence-corrected chi connectivity index (χ2v) is 5.02. The zero-order chi connectivity index (χ0) is 15.0.